The van der Waals surface area contributed by atoms with Crippen molar-refractivity contribution in [3.05, 3.63) is 215 Å². The van der Waals surface area contributed by atoms with E-state index in [2.05, 4.69) is 34.2 Å². The van der Waals surface area contributed by atoms with Crippen molar-refractivity contribution in [3.63, 3.8) is 0 Å². The van der Waals surface area contributed by atoms with Gasteiger partial charge in [0.05, 0.1) is 22.8 Å². The van der Waals surface area contributed by atoms with Crippen molar-refractivity contribution in [2.24, 2.45) is 0 Å². The first-order valence-electron chi connectivity index (χ1n) is 29.0. The SMILES string of the molecule is O=C1C2C=CC(OO2)N1Cc1ccc(-c2c3nc(c(-c4ccc(CN5C(=O)C6C=CC5OO6)cc4)c4ccc([nH]4)c(-c4ccc(CN5C(=O)C6C=CC5OO6)cc4)c4nc(c(-c5ccc(CN6C(=O)C7C=CC6OO7)cc5)c5ccc2[nH]5)C=C4)C=C3)cc1. The summed E-state index contributed by atoms with van der Waals surface area (Å²) in [5.41, 5.74) is 16.3. The Kier molecular flexibility index (Phi) is 12.4. The fourth-order valence-corrected chi connectivity index (χ4v) is 12.8. The lowest BCUT2D eigenvalue weighted by Gasteiger charge is -2.39. The number of aromatic nitrogens is 4. The normalized spacial score (nSPS) is 24.4. The lowest BCUT2D eigenvalue weighted by Crippen LogP contribution is -2.53. The van der Waals surface area contributed by atoms with Crippen molar-refractivity contribution < 1.29 is 58.3 Å². The molecule has 0 radical (unpaired) electrons. The summed E-state index contributed by atoms with van der Waals surface area (Å²) < 4.78 is 0. The van der Waals surface area contributed by atoms with Gasteiger partial charge in [-0.1, -0.05) is 97.1 Å². The Morgan fingerprint density at radius 3 is 0.716 bits per heavy atom. The predicted octanol–water partition coefficient (Wildman–Crippen LogP) is 9.54. The van der Waals surface area contributed by atoms with Crippen molar-refractivity contribution in [1.82, 2.24) is 39.5 Å². The minimum Gasteiger partial charge on any atom is -0.354 e. The first-order valence-corrected chi connectivity index (χ1v) is 29.0. The largest absolute Gasteiger partial charge is 0.354 e. The maximum Gasteiger partial charge on any atom is 0.261 e. The van der Waals surface area contributed by atoms with Gasteiger partial charge in [0.1, 0.15) is 0 Å². The molecule has 3 aromatic heterocycles. The average Bonchev–Trinajstić information content (AvgIpc) is 3.90. The van der Waals surface area contributed by atoms with E-state index in [1.54, 1.807) is 43.9 Å². The number of carbonyl (C=O) groups excluding carboxylic acids is 4. The third-order valence-electron chi connectivity index (χ3n) is 17.3. The fraction of sp³-hybridized carbons (Fsp3) is 0.176. The molecule has 20 nitrogen and oxygen atoms in total. The van der Waals surface area contributed by atoms with E-state index in [9.17, 15) is 19.2 Å². The number of amides is 4. The highest BCUT2D eigenvalue weighted by molar-refractivity contribution is 6.00. The van der Waals surface area contributed by atoms with Gasteiger partial charge in [-0.2, -0.15) is 0 Å². The zero-order valence-electron chi connectivity index (χ0n) is 46.5. The number of aromatic amines is 2. The summed E-state index contributed by atoms with van der Waals surface area (Å²) in [6, 6.07) is 40.8. The number of nitrogens with zero attached hydrogens (tertiary/aromatic N) is 6. The van der Waals surface area contributed by atoms with E-state index in [0.29, 0.717) is 49.0 Å². The van der Waals surface area contributed by atoms with Crippen LogP contribution in [0, 0.1) is 0 Å². The molecule has 8 atom stereocenters. The molecular weight excluding hydrogens is 1120 g/mol. The van der Waals surface area contributed by atoms with Crippen LogP contribution in [0.5, 0.6) is 0 Å². The molecule has 16 bridgehead atoms. The maximum atomic E-state index is 13.3. The molecule has 7 aromatic rings. The molecule has 17 heterocycles. The number of fused-ring (bicyclic) bond motifs is 16. The third kappa shape index (κ3) is 9.00. The van der Waals surface area contributed by atoms with Crippen LogP contribution in [-0.4, -0.2) is 112 Å². The van der Waals surface area contributed by atoms with Crippen molar-refractivity contribution in [2.45, 2.75) is 75.5 Å². The number of hydrogen-bond acceptors (Lipinski definition) is 14. The van der Waals surface area contributed by atoms with Crippen molar-refractivity contribution in [2.75, 3.05) is 0 Å². The Morgan fingerprint density at radius 2 is 0.523 bits per heavy atom. The summed E-state index contributed by atoms with van der Waals surface area (Å²) in [5, 5.41) is 0. The number of H-pyrrole nitrogens is 2. The van der Waals surface area contributed by atoms with Gasteiger partial charge in [-0.05, 0) is 142 Å². The monoisotopic (exact) mass is 1170 g/mol. The molecular formula is C68H50N8O12. The molecule has 21 rings (SSSR count). The molecule has 88 heavy (non-hydrogen) atoms. The van der Waals surface area contributed by atoms with E-state index >= 15 is 0 Å². The Balaban J connectivity index is 0.837. The molecule has 4 aromatic carbocycles. The molecule has 4 saturated heterocycles. The van der Waals surface area contributed by atoms with Crippen LogP contribution < -0.4 is 0 Å². The molecule has 4 amide bonds. The lowest BCUT2D eigenvalue weighted by atomic mass is 10.0. The van der Waals surface area contributed by atoms with E-state index < -0.39 is 49.3 Å². The summed E-state index contributed by atoms with van der Waals surface area (Å²) in [6.45, 7) is 1.26. The predicted molar refractivity (Wildman–Crippen MR) is 318 cm³/mol. The highest BCUT2D eigenvalue weighted by atomic mass is 17.2. The standard InChI is InChI=1S/C68H50N8O12/c77-65-53-25-29-57(85-81-53)73(65)33-37-1-9-41(10-2-37)61-45-17-19-47(69-45)62(42-11-3-38(4-12-42)34-74-58-30-26-54(66(74)78)82-86-58)49-21-23-51(71-49)64(44-15-7-40(8-16-44)36-76-60-32-28-56(68(76)80)84-88-60)52-24-22-50(72-52)63(48-20-18-46(61)70-48)43-13-5-39(6-14-43)35-75-59-31-27-55(67(75)79)83-87-59/h1-32,53-60,69,72H,33-36H2. The second-order valence-corrected chi connectivity index (χ2v) is 22.7. The van der Waals surface area contributed by atoms with Gasteiger partial charge in [0.15, 0.2) is 49.3 Å². The molecule has 434 valence electrons. The Morgan fingerprint density at radius 1 is 0.295 bits per heavy atom. The number of carbonyl (C=O) groups is 4. The van der Waals surface area contributed by atoms with Gasteiger partial charge < -0.3 is 29.6 Å². The Hall–Kier alpha value is -10.0. The lowest BCUT2D eigenvalue weighted by molar-refractivity contribution is -0.376. The minimum atomic E-state index is -0.777. The van der Waals surface area contributed by atoms with E-state index in [1.165, 1.54) is 0 Å². The molecule has 0 saturated carbocycles. The van der Waals surface area contributed by atoms with E-state index in [0.717, 1.165) is 88.8 Å². The summed E-state index contributed by atoms with van der Waals surface area (Å²) >= 11 is 0. The molecule has 8 unspecified atom stereocenters. The number of hydrogen-bond donors (Lipinski definition) is 2. The molecule has 2 N–H and O–H groups in total. The fourth-order valence-electron chi connectivity index (χ4n) is 12.8. The second kappa shape index (κ2) is 20.9. The van der Waals surface area contributed by atoms with Gasteiger partial charge in [-0.25, -0.2) is 49.1 Å². The smallest absolute Gasteiger partial charge is 0.261 e. The Bertz CT molecular complexity index is 3920. The summed E-state index contributed by atoms with van der Waals surface area (Å²) in [4.78, 5) is 121. The van der Waals surface area contributed by atoms with Crippen LogP contribution in [0.3, 0.4) is 0 Å². The van der Waals surface area contributed by atoms with Crippen LogP contribution in [0.1, 0.15) is 45.0 Å². The summed E-state index contributed by atoms with van der Waals surface area (Å²) in [7, 11) is 0. The molecule has 14 aliphatic heterocycles. The quantitative estimate of drug-likeness (QED) is 0.0862. The molecule has 14 aliphatic rings. The van der Waals surface area contributed by atoms with E-state index in [1.807, 2.05) is 146 Å². The van der Waals surface area contributed by atoms with Gasteiger partial charge in [0.2, 0.25) is 0 Å². The Labute approximate surface area is 500 Å². The molecule has 4 fully saturated rings. The number of rotatable bonds is 12. The number of benzene rings is 4. The van der Waals surface area contributed by atoms with Crippen molar-refractivity contribution in [3.8, 4) is 44.5 Å². The van der Waals surface area contributed by atoms with Gasteiger partial charge in [-0.3, -0.25) is 19.2 Å². The van der Waals surface area contributed by atoms with Crippen LogP contribution in [0.4, 0.5) is 0 Å². The van der Waals surface area contributed by atoms with E-state index in [-0.39, 0.29) is 23.6 Å². The number of nitrogens with one attached hydrogen (secondary N) is 2. The minimum absolute atomic E-state index is 0.161. The average molecular weight is 1170 g/mol. The first-order chi connectivity index (χ1) is 43.2. The van der Waals surface area contributed by atoms with Gasteiger partial charge >= 0.3 is 0 Å². The van der Waals surface area contributed by atoms with Gasteiger partial charge in [-0.15, -0.1) is 0 Å². The molecule has 20 heteroatoms. The molecule has 0 spiro atoms. The van der Waals surface area contributed by atoms with Crippen LogP contribution >= 0.6 is 0 Å². The van der Waals surface area contributed by atoms with Crippen LogP contribution in [0.2, 0.25) is 0 Å². The maximum absolute atomic E-state index is 13.3. The third-order valence-corrected chi connectivity index (χ3v) is 17.3. The topological polar surface area (TPSA) is 212 Å². The summed E-state index contributed by atoms with van der Waals surface area (Å²) in [5.74, 6) is -0.643. The second-order valence-electron chi connectivity index (χ2n) is 22.7. The van der Waals surface area contributed by atoms with Crippen LogP contribution in [0.25, 0.3) is 90.9 Å². The zero-order valence-corrected chi connectivity index (χ0v) is 46.5. The molecule has 0 aliphatic carbocycles. The summed E-state index contributed by atoms with van der Waals surface area (Å²) in [6.07, 6.45) is 16.7. The van der Waals surface area contributed by atoms with Crippen molar-refractivity contribution in [1.29, 1.82) is 0 Å². The van der Waals surface area contributed by atoms with Crippen molar-refractivity contribution >= 4 is 70.0 Å². The van der Waals surface area contributed by atoms with Gasteiger partial charge in [0.25, 0.3) is 23.6 Å². The zero-order chi connectivity index (χ0) is 58.7. The highest BCUT2D eigenvalue weighted by Crippen LogP contribution is 2.40. The van der Waals surface area contributed by atoms with Gasteiger partial charge in [0, 0.05) is 70.5 Å². The van der Waals surface area contributed by atoms with Crippen LogP contribution in [0.15, 0.2) is 170 Å². The van der Waals surface area contributed by atoms with E-state index in [4.69, 9.17) is 49.1 Å². The van der Waals surface area contributed by atoms with Crippen LogP contribution in [-0.2, 0) is 84.5 Å². The highest BCUT2D eigenvalue weighted by Gasteiger charge is 2.43. The first kappa shape index (κ1) is 52.3.